The highest BCUT2D eigenvalue weighted by molar-refractivity contribution is 7.17. The molecule has 1 N–H and O–H groups in total. The van der Waals surface area contributed by atoms with Crippen molar-refractivity contribution >= 4 is 46.3 Å². The molecular formula is C22H15Cl2F3O4S. The Kier molecular flexibility index (Phi) is 7.48. The average Bonchev–Trinajstić information content (AvgIpc) is 3.23. The number of benzene rings is 2. The van der Waals surface area contributed by atoms with E-state index in [1.807, 2.05) is 0 Å². The largest absolute Gasteiger partial charge is 0.480 e. The predicted octanol–water partition coefficient (Wildman–Crippen LogP) is 7.02. The predicted molar refractivity (Wildman–Crippen MR) is 117 cm³/mol. The lowest BCUT2D eigenvalue weighted by molar-refractivity contribution is -0.139. The number of aliphatic carboxylic acids is 1. The average molecular weight is 503 g/mol. The monoisotopic (exact) mass is 502 g/mol. The molecule has 1 aromatic heterocycles. The highest BCUT2D eigenvalue weighted by Gasteiger charge is 2.30. The standard InChI is InChI=1S/C22H15Cl2F3O4S/c23-20-13(4-8-16(21(20)24)31-11-19(29)30)3-7-15(28)18-10-9-17(32-18)12-1-5-14(6-2-12)22(25,26)27/h1-2,4-6,8-10H,3,7,11H2,(H,29,30). The van der Waals surface area contributed by atoms with Crippen molar-refractivity contribution in [3.63, 3.8) is 0 Å². The maximum absolute atomic E-state index is 12.7. The van der Waals surface area contributed by atoms with Crippen molar-refractivity contribution in [2.45, 2.75) is 19.0 Å². The number of hydrogen-bond acceptors (Lipinski definition) is 4. The van der Waals surface area contributed by atoms with Gasteiger partial charge in [-0.1, -0.05) is 41.4 Å². The Morgan fingerprint density at radius 2 is 1.66 bits per heavy atom. The van der Waals surface area contributed by atoms with Gasteiger partial charge < -0.3 is 9.84 Å². The third kappa shape index (κ3) is 5.82. The first-order valence-corrected chi connectivity index (χ1v) is 10.8. The molecule has 32 heavy (non-hydrogen) atoms. The van der Waals surface area contributed by atoms with Gasteiger partial charge in [0.2, 0.25) is 0 Å². The Morgan fingerprint density at radius 3 is 2.28 bits per heavy atom. The summed E-state index contributed by atoms with van der Waals surface area (Å²) in [7, 11) is 0. The van der Waals surface area contributed by atoms with Crippen LogP contribution in [0, 0.1) is 0 Å². The zero-order valence-corrected chi connectivity index (χ0v) is 18.5. The number of carboxylic acid groups (broad SMARTS) is 1. The summed E-state index contributed by atoms with van der Waals surface area (Å²) >= 11 is 13.5. The van der Waals surface area contributed by atoms with E-state index in [0.29, 0.717) is 27.3 Å². The van der Waals surface area contributed by atoms with Crippen LogP contribution in [0.2, 0.25) is 10.0 Å². The van der Waals surface area contributed by atoms with E-state index in [4.69, 9.17) is 33.0 Å². The van der Waals surface area contributed by atoms with Crippen molar-refractivity contribution in [1.29, 1.82) is 0 Å². The zero-order chi connectivity index (χ0) is 23.5. The highest BCUT2D eigenvalue weighted by Crippen LogP contribution is 2.36. The van der Waals surface area contributed by atoms with E-state index in [0.717, 1.165) is 12.1 Å². The number of carbonyl (C=O) groups is 2. The number of thiophene rings is 1. The molecule has 2 aromatic carbocycles. The fraction of sp³-hybridized carbons (Fsp3) is 0.182. The zero-order valence-electron chi connectivity index (χ0n) is 16.2. The fourth-order valence-electron chi connectivity index (χ4n) is 2.85. The van der Waals surface area contributed by atoms with Gasteiger partial charge in [-0.25, -0.2) is 4.79 Å². The van der Waals surface area contributed by atoms with E-state index in [1.54, 1.807) is 18.2 Å². The number of halogens is 5. The summed E-state index contributed by atoms with van der Waals surface area (Å²) in [5.74, 6) is -1.17. The molecule has 1 heterocycles. The first kappa shape index (κ1) is 24.1. The van der Waals surface area contributed by atoms with Crippen LogP contribution < -0.4 is 4.74 Å². The van der Waals surface area contributed by atoms with E-state index in [-0.39, 0.29) is 28.0 Å². The van der Waals surface area contributed by atoms with Crippen LogP contribution in [0.3, 0.4) is 0 Å². The van der Waals surface area contributed by atoms with Crippen LogP contribution in [0.1, 0.15) is 27.2 Å². The molecule has 0 unspecified atom stereocenters. The molecule has 10 heteroatoms. The van der Waals surface area contributed by atoms with Crippen LogP contribution in [0.5, 0.6) is 5.75 Å². The van der Waals surface area contributed by atoms with E-state index in [1.165, 1.54) is 29.5 Å². The number of alkyl halides is 3. The van der Waals surface area contributed by atoms with Gasteiger partial charge in [0, 0.05) is 11.3 Å². The molecule has 0 amide bonds. The number of hydrogen-bond donors (Lipinski definition) is 1. The molecular weight excluding hydrogens is 488 g/mol. The second-order valence-electron chi connectivity index (χ2n) is 6.70. The molecule has 0 fully saturated rings. The van der Waals surface area contributed by atoms with Crippen molar-refractivity contribution in [2.24, 2.45) is 0 Å². The fourth-order valence-corrected chi connectivity index (χ4v) is 4.32. The van der Waals surface area contributed by atoms with Crippen LogP contribution >= 0.6 is 34.5 Å². The van der Waals surface area contributed by atoms with Crippen LogP contribution in [-0.2, 0) is 17.4 Å². The molecule has 0 aliphatic heterocycles. The van der Waals surface area contributed by atoms with Gasteiger partial charge in [0.1, 0.15) is 10.8 Å². The Labute approximate surface area is 195 Å². The molecule has 3 rings (SSSR count). The Morgan fingerprint density at radius 1 is 0.969 bits per heavy atom. The number of ketones is 1. The minimum atomic E-state index is -4.40. The molecule has 0 saturated carbocycles. The van der Waals surface area contributed by atoms with Crippen molar-refractivity contribution < 1.29 is 32.6 Å². The molecule has 0 bridgehead atoms. The van der Waals surface area contributed by atoms with Crippen molar-refractivity contribution in [2.75, 3.05) is 6.61 Å². The molecule has 3 aromatic rings. The van der Waals surface area contributed by atoms with E-state index in [9.17, 15) is 22.8 Å². The molecule has 0 aliphatic rings. The number of carboxylic acids is 1. The lowest BCUT2D eigenvalue weighted by Crippen LogP contribution is -2.10. The minimum Gasteiger partial charge on any atom is -0.480 e. The highest BCUT2D eigenvalue weighted by atomic mass is 35.5. The summed E-state index contributed by atoms with van der Waals surface area (Å²) < 4.78 is 43.2. The summed E-state index contributed by atoms with van der Waals surface area (Å²) in [6.07, 6.45) is -3.97. The van der Waals surface area contributed by atoms with E-state index < -0.39 is 24.3 Å². The van der Waals surface area contributed by atoms with E-state index >= 15 is 0 Å². The Hall–Kier alpha value is -2.55. The van der Waals surface area contributed by atoms with Gasteiger partial charge in [0.15, 0.2) is 12.4 Å². The third-order valence-corrected chi connectivity index (χ3v) is 6.56. The minimum absolute atomic E-state index is 0.0681. The third-order valence-electron chi connectivity index (χ3n) is 4.48. The summed E-state index contributed by atoms with van der Waals surface area (Å²) in [5.41, 5.74) is 0.463. The van der Waals surface area contributed by atoms with E-state index in [2.05, 4.69) is 0 Å². The molecule has 0 saturated heterocycles. The first-order valence-electron chi connectivity index (χ1n) is 9.18. The SMILES string of the molecule is O=C(O)COc1ccc(CCC(=O)c2ccc(-c3ccc(C(F)(F)F)cc3)s2)c(Cl)c1Cl. The van der Waals surface area contributed by atoms with Crippen molar-refractivity contribution in [3.05, 3.63) is 74.6 Å². The topological polar surface area (TPSA) is 63.6 Å². The lowest BCUT2D eigenvalue weighted by Gasteiger charge is -2.10. The summed E-state index contributed by atoms with van der Waals surface area (Å²) in [4.78, 5) is 24.4. The summed E-state index contributed by atoms with van der Waals surface area (Å²) in [6, 6.07) is 11.2. The van der Waals surface area contributed by atoms with Gasteiger partial charge >= 0.3 is 12.1 Å². The van der Waals surface area contributed by atoms with Gasteiger partial charge in [-0.3, -0.25) is 4.79 Å². The number of carbonyl (C=O) groups excluding carboxylic acids is 1. The van der Waals surface area contributed by atoms with Gasteiger partial charge in [0.05, 0.1) is 15.5 Å². The molecule has 4 nitrogen and oxygen atoms in total. The number of aryl methyl sites for hydroxylation is 1. The number of Topliss-reactive ketones (excluding diaryl/α,β-unsaturated/α-hetero) is 1. The van der Waals surface area contributed by atoms with Crippen LogP contribution in [-0.4, -0.2) is 23.5 Å². The maximum Gasteiger partial charge on any atom is 0.416 e. The quantitative estimate of drug-likeness (QED) is 0.336. The maximum atomic E-state index is 12.7. The molecule has 0 spiro atoms. The van der Waals surface area contributed by atoms with Crippen LogP contribution in [0.4, 0.5) is 13.2 Å². The Balaban J connectivity index is 1.66. The van der Waals surface area contributed by atoms with Gasteiger partial charge in [-0.05, 0) is 47.9 Å². The molecule has 0 aliphatic carbocycles. The lowest BCUT2D eigenvalue weighted by atomic mass is 10.1. The first-order chi connectivity index (χ1) is 15.1. The number of ether oxygens (including phenoxy) is 1. The van der Waals surface area contributed by atoms with Gasteiger partial charge in [-0.2, -0.15) is 13.2 Å². The van der Waals surface area contributed by atoms with Crippen molar-refractivity contribution in [1.82, 2.24) is 0 Å². The number of rotatable bonds is 8. The molecule has 0 radical (unpaired) electrons. The van der Waals surface area contributed by atoms with Gasteiger partial charge in [0.25, 0.3) is 0 Å². The smallest absolute Gasteiger partial charge is 0.416 e. The molecule has 168 valence electrons. The Bertz CT molecular complexity index is 1140. The summed E-state index contributed by atoms with van der Waals surface area (Å²) in [6.45, 7) is -0.562. The van der Waals surface area contributed by atoms with Crippen LogP contribution in [0.15, 0.2) is 48.5 Å². The second-order valence-corrected chi connectivity index (χ2v) is 8.54. The van der Waals surface area contributed by atoms with Gasteiger partial charge in [-0.15, -0.1) is 11.3 Å². The van der Waals surface area contributed by atoms with Crippen molar-refractivity contribution in [3.8, 4) is 16.2 Å². The molecule has 0 atom stereocenters. The normalized spacial score (nSPS) is 11.4. The second kappa shape index (κ2) is 9.94. The van der Waals surface area contributed by atoms with Crippen LogP contribution in [0.25, 0.3) is 10.4 Å². The summed E-state index contributed by atoms with van der Waals surface area (Å²) in [5, 5.41) is 8.93.